The molecule has 0 aromatic heterocycles. The minimum atomic E-state index is -0.233. The zero-order chi connectivity index (χ0) is 14.4. The molecule has 1 aliphatic rings. The third kappa shape index (κ3) is 1.97. The quantitative estimate of drug-likeness (QED) is 0.421. The van der Waals surface area contributed by atoms with Gasteiger partial charge in [0.2, 0.25) is 0 Å². The molecule has 0 nitrogen and oxygen atoms in total. The van der Waals surface area contributed by atoms with E-state index in [9.17, 15) is 4.39 Å². The van der Waals surface area contributed by atoms with Crippen LogP contribution in [0.15, 0.2) is 60.7 Å². The Balaban J connectivity index is 1.88. The standard InChI is InChI=1S/C19H12ClF/c20-19-16(12-5-7-14(21)8-6-12)9-10-17-15-4-2-1-3-13(15)11-18(17)19/h1-10H,11H2. The predicted molar refractivity (Wildman–Crippen MR) is 85.1 cm³/mol. The second-order valence-corrected chi connectivity index (χ2v) is 5.67. The number of hydrogen-bond donors (Lipinski definition) is 0. The molecule has 4 rings (SSSR count). The minimum Gasteiger partial charge on any atom is -0.207 e. The summed E-state index contributed by atoms with van der Waals surface area (Å²) < 4.78 is 13.1. The highest BCUT2D eigenvalue weighted by Crippen LogP contribution is 2.43. The van der Waals surface area contributed by atoms with Crippen molar-refractivity contribution in [3.05, 3.63) is 82.6 Å². The van der Waals surface area contributed by atoms with Gasteiger partial charge >= 0.3 is 0 Å². The summed E-state index contributed by atoms with van der Waals surface area (Å²) in [7, 11) is 0. The number of rotatable bonds is 1. The molecule has 0 saturated carbocycles. The highest BCUT2D eigenvalue weighted by Gasteiger charge is 2.22. The van der Waals surface area contributed by atoms with E-state index in [0.29, 0.717) is 0 Å². The van der Waals surface area contributed by atoms with Gasteiger partial charge in [-0.25, -0.2) is 4.39 Å². The van der Waals surface area contributed by atoms with Crippen LogP contribution in [0.5, 0.6) is 0 Å². The van der Waals surface area contributed by atoms with Gasteiger partial charge in [0.25, 0.3) is 0 Å². The molecule has 0 aliphatic heterocycles. The van der Waals surface area contributed by atoms with Crippen LogP contribution in [0.1, 0.15) is 11.1 Å². The molecule has 0 unspecified atom stereocenters. The Morgan fingerprint density at radius 3 is 2.29 bits per heavy atom. The van der Waals surface area contributed by atoms with Crippen molar-refractivity contribution in [3.63, 3.8) is 0 Å². The third-order valence-electron chi connectivity index (χ3n) is 4.07. The minimum absolute atomic E-state index is 0.233. The fourth-order valence-electron chi connectivity index (χ4n) is 3.03. The van der Waals surface area contributed by atoms with E-state index in [-0.39, 0.29) is 5.82 Å². The van der Waals surface area contributed by atoms with Crippen LogP contribution in [0, 0.1) is 5.82 Å². The lowest BCUT2D eigenvalue weighted by Crippen LogP contribution is -1.87. The summed E-state index contributed by atoms with van der Waals surface area (Å²) in [5.74, 6) is -0.233. The second-order valence-electron chi connectivity index (χ2n) is 5.29. The van der Waals surface area contributed by atoms with Crippen LogP contribution >= 0.6 is 11.6 Å². The molecule has 1 aliphatic carbocycles. The average molecular weight is 295 g/mol. The Morgan fingerprint density at radius 1 is 0.762 bits per heavy atom. The molecule has 21 heavy (non-hydrogen) atoms. The molecule has 0 fully saturated rings. The van der Waals surface area contributed by atoms with Gasteiger partial charge in [-0.1, -0.05) is 60.1 Å². The Hall–Kier alpha value is -2.12. The van der Waals surface area contributed by atoms with Crippen LogP contribution in [-0.2, 0) is 6.42 Å². The van der Waals surface area contributed by atoms with Crippen LogP contribution in [0.3, 0.4) is 0 Å². The largest absolute Gasteiger partial charge is 0.207 e. The molecule has 0 radical (unpaired) electrons. The van der Waals surface area contributed by atoms with Crippen molar-refractivity contribution in [2.24, 2.45) is 0 Å². The molecule has 102 valence electrons. The van der Waals surface area contributed by atoms with E-state index in [1.807, 2.05) is 6.07 Å². The molecule has 0 N–H and O–H groups in total. The molecular formula is C19H12ClF. The van der Waals surface area contributed by atoms with E-state index in [0.717, 1.165) is 22.6 Å². The maximum Gasteiger partial charge on any atom is 0.123 e. The van der Waals surface area contributed by atoms with Crippen LogP contribution in [0.4, 0.5) is 4.39 Å². The topological polar surface area (TPSA) is 0 Å². The number of halogens is 2. The maximum atomic E-state index is 13.1. The summed E-state index contributed by atoms with van der Waals surface area (Å²) in [5, 5.41) is 0.773. The highest BCUT2D eigenvalue weighted by molar-refractivity contribution is 6.34. The maximum absolute atomic E-state index is 13.1. The molecule has 0 amide bonds. The Morgan fingerprint density at radius 2 is 1.48 bits per heavy atom. The second kappa shape index (κ2) is 4.71. The summed E-state index contributed by atoms with van der Waals surface area (Å²) in [4.78, 5) is 0. The first-order valence-corrected chi connectivity index (χ1v) is 7.27. The Kier molecular flexibility index (Phi) is 2.83. The van der Waals surface area contributed by atoms with Crippen LogP contribution < -0.4 is 0 Å². The van der Waals surface area contributed by atoms with Gasteiger partial charge in [0.15, 0.2) is 0 Å². The lowest BCUT2D eigenvalue weighted by Gasteiger charge is -2.10. The van der Waals surface area contributed by atoms with Crippen LogP contribution in [-0.4, -0.2) is 0 Å². The van der Waals surface area contributed by atoms with E-state index in [4.69, 9.17) is 11.6 Å². The zero-order valence-electron chi connectivity index (χ0n) is 11.2. The predicted octanol–water partition coefficient (Wildman–Crippen LogP) is 5.72. The SMILES string of the molecule is Fc1ccc(-c2ccc3c(c2Cl)Cc2ccccc2-3)cc1. The van der Waals surface area contributed by atoms with Gasteiger partial charge in [0, 0.05) is 12.0 Å². The molecule has 0 atom stereocenters. The first kappa shape index (κ1) is 12.6. The number of benzene rings is 3. The fraction of sp³-hybridized carbons (Fsp3) is 0.0526. The van der Waals surface area contributed by atoms with Crippen molar-refractivity contribution < 1.29 is 4.39 Å². The first-order chi connectivity index (χ1) is 10.2. The average Bonchev–Trinajstić information content (AvgIpc) is 2.89. The normalized spacial score (nSPS) is 12.1. The van der Waals surface area contributed by atoms with Gasteiger partial charge in [0.1, 0.15) is 5.82 Å². The molecular weight excluding hydrogens is 283 g/mol. The van der Waals surface area contributed by atoms with Crippen molar-refractivity contribution in [1.29, 1.82) is 0 Å². The summed E-state index contributed by atoms with van der Waals surface area (Å²) >= 11 is 6.62. The van der Waals surface area contributed by atoms with E-state index >= 15 is 0 Å². The van der Waals surface area contributed by atoms with E-state index in [2.05, 4.69) is 30.3 Å². The summed E-state index contributed by atoms with van der Waals surface area (Å²) in [6, 6.07) is 19.0. The monoisotopic (exact) mass is 294 g/mol. The summed E-state index contributed by atoms with van der Waals surface area (Å²) in [6.45, 7) is 0. The van der Waals surface area contributed by atoms with Gasteiger partial charge in [0.05, 0.1) is 5.02 Å². The van der Waals surface area contributed by atoms with Gasteiger partial charge in [-0.2, -0.15) is 0 Å². The van der Waals surface area contributed by atoms with E-state index < -0.39 is 0 Å². The molecule has 3 aromatic carbocycles. The van der Waals surface area contributed by atoms with Crippen molar-refractivity contribution in [3.8, 4) is 22.3 Å². The molecule has 0 spiro atoms. The summed E-state index contributed by atoms with van der Waals surface area (Å²) in [5.41, 5.74) is 6.86. The van der Waals surface area contributed by atoms with Crippen LogP contribution in [0.2, 0.25) is 5.02 Å². The van der Waals surface area contributed by atoms with Crippen molar-refractivity contribution in [2.75, 3.05) is 0 Å². The molecule has 0 bridgehead atoms. The molecule has 0 heterocycles. The number of hydrogen-bond acceptors (Lipinski definition) is 0. The lowest BCUT2D eigenvalue weighted by molar-refractivity contribution is 0.628. The van der Waals surface area contributed by atoms with Gasteiger partial charge in [-0.05, 0) is 39.9 Å². The van der Waals surface area contributed by atoms with E-state index in [1.165, 1.54) is 34.4 Å². The Bertz CT molecular complexity index is 835. The summed E-state index contributed by atoms with van der Waals surface area (Å²) in [6.07, 6.45) is 0.860. The smallest absolute Gasteiger partial charge is 0.123 e. The fourth-order valence-corrected chi connectivity index (χ4v) is 3.37. The number of fused-ring (bicyclic) bond motifs is 3. The van der Waals surface area contributed by atoms with E-state index in [1.54, 1.807) is 12.1 Å². The van der Waals surface area contributed by atoms with Crippen molar-refractivity contribution in [2.45, 2.75) is 6.42 Å². The van der Waals surface area contributed by atoms with Crippen LogP contribution in [0.25, 0.3) is 22.3 Å². The van der Waals surface area contributed by atoms with Crippen molar-refractivity contribution >= 4 is 11.6 Å². The first-order valence-electron chi connectivity index (χ1n) is 6.89. The Labute approximate surface area is 127 Å². The molecule has 0 saturated heterocycles. The highest BCUT2D eigenvalue weighted by atomic mass is 35.5. The molecule has 3 aromatic rings. The van der Waals surface area contributed by atoms with Gasteiger partial charge in [-0.15, -0.1) is 0 Å². The van der Waals surface area contributed by atoms with Gasteiger partial charge < -0.3 is 0 Å². The van der Waals surface area contributed by atoms with Gasteiger partial charge in [-0.3, -0.25) is 0 Å². The lowest BCUT2D eigenvalue weighted by atomic mass is 9.99. The van der Waals surface area contributed by atoms with Crippen molar-refractivity contribution in [1.82, 2.24) is 0 Å². The molecule has 2 heteroatoms. The zero-order valence-corrected chi connectivity index (χ0v) is 12.0. The third-order valence-corrected chi connectivity index (χ3v) is 4.50.